The summed E-state index contributed by atoms with van der Waals surface area (Å²) in [5, 5.41) is 8.82. The van der Waals surface area contributed by atoms with Crippen LogP contribution in [0.3, 0.4) is 0 Å². The number of aromatic carboxylic acids is 1. The van der Waals surface area contributed by atoms with Crippen molar-refractivity contribution >= 4 is 11.7 Å². The van der Waals surface area contributed by atoms with Gasteiger partial charge in [-0.2, -0.15) is 0 Å². The standard InChI is InChI=1S/C15H15NO4/c16-13-8-12(15(17)18)6-7-14(13)20-10-19-9-11-4-2-1-3-5-11/h1-8H,9-10,16H2,(H,17,18). The van der Waals surface area contributed by atoms with Crippen molar-refractivity contribution in [1.82, 2.24) is 0 Å². The number of carbonyl (C=O) groups is 1. The van der Waals surface area contributed by atoms with Crippen LogP contribution < -0.4 is 10.5 Å². The molecule has 0 aliphatic rings. The highest BCUT2D eigenvalue weighted by Crippen LogP contribution is 2.22. The van der Waals surface area contributed by atoms with Gasteiger partial charge in [-0.15, -0.1) is 0 Å². The van der Waals surface area contributed by atoms with Gasteiger partial charge in [0, 0.05) is 0 Å². The second-order valence-corrected chi connectivity index (χ2v) is 4.15. The summed E-state index contributed by atoms with van der Waals surface area (Å²) in [5.74, 6) is -0.619. The Labute approximate surface area is 116 Å². The molecular formula is C15H15NO4. The number of benzene rings is 2. The summed E-state index contributed by atoms with van der Waals surface area (Å²) in [6.45, 7) is 0.486. The molecule has 2 aromatic carbocycles. The van der Waals surface area contributed by atoms with E-state index in [0.29, 0.717) is 12.4 Å². The largest absolute Gasteiger partial charge is 0.478 e. The van der Waals surface area contributed by atoms with Gasteiger partial charge >= 0.3 is 5.97 Å². The summed E-state index contributed by atoms with van der Waals surface area (Å²) >= 11 is 0. The van der Waals surface area contributed by atoms with E-state index in [1.807, 2.05) is 30.3 Å². The highest BCUT2D eigenvalue weighted by atomic mass is 16.7. The lowest BCUT2D eigenvalue weighted by Crippen LogP contribution is -2.06. The van der Waals surface area contributed by atoms with Crippen molar-refractivity contribution in [1.29, 1.82) is 0 Å². The first-order chi connectivity index (χ1) is 9.66. The Balaban J connectivity index is 1.84. The summed E-state index contributed by atoms with van der Waals surface area (Å²) < 4.78 is 10.7. The summed E-state index contributed by atoms with van der Waals surface area (Å²) in [6.07, 6.45) is 0. The second kappa shape index (κ2) is 6.58. The Kier molecular flexibility index (Phi) is 4.57. The number of anilines is 1. The third-order valence-corrected chi connectivity index (χ3v) is 2.67. The Bertz CT molecular complexity index is 584. The second-order valence-electron chi connectivity index (χ2n) is 4.15. The third kappa shape index (κ3) is 3.73. The zero-order chi connectivity index (χ0) is 14.4. The third-order valence-electron chi connectivity index (χ3n) is 2.67. The van der Waals surface area contributed by atoms with Gasteiger partial charge in [-0.25, -0.2) is 4.79 Å². The molecule has 2 rings (SSSR count). The monoisotopic (exact) mass is 273 g/mol. The van der Waals surface area contributed by atoms with Crippen LogP contribution in [0.15, 0.2) is 48.5 Å². The molecule has 20 heavy (non-hydrogen) atoms. The van der Waals surface area contributed by atoms with E-state index in [1.54, 1.807) is 0 Å². The van der Waals surface area contributed by atoms with E-state index in [4.69, 9.17) is 20.3 Å². The Morgan fingerprint density at radius 1 is 1.15 bits per heavy atom. The number of nitrogen functional groups attached to an aromatic ring is 1. The molecule has 2 aromatic rings. The van der Waals surface area contributed by atoms with Crippen LogP contribution in [-0.2, 0) is 11.3 Å². The molecular weight excluding hydrogens is 258 g/mol. The van der Waals surface area contributed by atoms with E-state index in [2.05, 4.69) is 0 Å². The minimum atomic E-state index is -1.02. The molecule has 104 valence electrons. The lowest BCUT2D eigenvalue weighted by Gasteiger charge is -2.10. The number of rotatable bonds is 6. The van der Waals surface area contributed by atoms with Crippen LogP contribution in [0.1, 0.15) is 15.9 Å². The molecule has 0 aliphatic carbocycles. The molecule has 0 saturated heterocycles. The van der Waals surface area contributed by atoms with Gasteiger partial charge in [0.2, 0.25) is 0 Å². The maximum absolute atomic E-state index is 10.8. The van der Waals surface area contributed by atoms with Crippen molar-refractivity contribution in [3.8, 4) is 5.75 Å². The summed E-state index contributed by atoms with van der Waals surface area (Å²) in [4.78, 5) is 10.8. The topological polar surface area (TPSA) is 81.8 Å². The van der Waals surface area contributed by atoms with E-state index in [0.717, 1.165) is 5.56 Å². The number of hydrogen-bond donors (Lipinski definition) is 2. The summed E-state index contributed by atoms with van der Waals surface area (Å²) in [5.41, 5.74) is 7.15. The molecule has 0 unspecified atom stereocenters. The number of ether oxygens (including phenoxy) is 2. The maximum Gasteiger partial charge on any atom is 0.335 e. The van der Waals surface area contributed by atoms with Gasteiger partial charge in [-0.3, -0.25) is 0 Å². The molecule has 0 saturated carbocycles. The van der Waals surface area contributed by atoms with E-state index in [1.165, 1.54) is 18.2 Å². The van der Waals surface area contributed by atoms with Gasteiger partial charge in [-0.1, -0.05) is 30.3 Å². The normalized spacial score (nSPS) is 10.2. The molecule has 0 spiro atoms. The van der Waals surface area contributed by atoms with Gasteiger partial charge < -0.3 is 20.3 Å². The SMILES string of the molecule is Nc1cc(C(=O)O)ccc1OCOCc1ccccc1. The first kappa shape index (κ1) is 13.9. The molecule has 0 bridgehead atoms. The average molecular weight is 273 g/mol. The highest BCUT2D eigenvalue weighted by molar-refractivity contribution is 5.89. The van der Waals surface area contributed by atoms with Crippen LogP contribution in [-0.4, -0.2) is 17.9 Å². The lowest BCUT2D eigenvalue weighted by molar-refractivity contribution is 0.00546. The van der Waals surface area contributed by atoms with Crippen LogP contribution in [0.4, 0.5) is 5.69 Å². The fourth-order valence-electron chi connectivity index (χ4n) is 1.65. The van der Waals surface area contributed by atoms with Crippen molar-refractivity contribution in [3.63, 3.8) is 0 Å². The van der Waals surface area contributed by atoms with Crippen LogP contribution in [0.25, 0.3) is 0 Å². The van der Waals surface area contributed by atoms with E-state index >= 15 is 0 Å². The molecule has 0 amide bonds. The minimum Gasteiger partial charge on any atom is -0.478 e. The van der Waals surface area contributed by atoms with Crippen LogP contribution in [0.5, 0.6) is 5.75 Å². The first-order valence-corrected chi connectivity index (χ1v) is 6.04. The van der Waals surface area contributed by atoms with Crippen LogP contribution >= 0.6 is 0 Å². The number of hydrogen-bond acceptors (Lipinski definition) is 4. The van der Waals surface area contributed by atoms with Crippen molar-refractivity contribution in [3.05, 3.63) is 59.7 Å². The van der Waals surface area contributed by atoms with Crippen molar-refractivity contribution in [2.75, 3.05) is 12.5 Å². The molecule has 3 N–H and O–H groups in total. The molecule has 0 fully saturated rings. The Morgan fingerprint density at radius 2 is 1.90 bits per heavy atom. The smallest absolute Gasteiger partial charge is 0.335 e. The van der Waals surface area contributed by atoms with Crippen molar-refractivity contribution in [2.45, 2.75) is 6.61 Å². The lowest BCUT2D eigenvalue weighted by atomic mass is 10.2. The predicted molar refractivity (Wildman–Crippen MR) is 74.5 cm³/mol. The van der Waals surface area contributed by atoms with E-state index in [9.17, 15) is 4.79 Å². The number of carboxylic acids is 1. The molecule has 5 heteroatoms. The molecule has 0 radical (unpaired) electrons. The molecule has 0 heterocycles. The molecule has 0 atom stereocenters. The Hall–Kier alpha value is -2.53. The van der Waals surface area contributed by atoms with Gasteiger partial charge in [-0.05, 0) is 23.8 Å². The fraction of sp³-hybridized carbons (Fsp3) is 0.133. The van der Waals surface area contributed by atoms with Gasteiger partial charge in [0.1, 0.15) is 5.75 Å². The van der Waals surface area contributed by atoms with Crippen molar-refractivity contribution in [2.24, 2.45) is 0 Å². The minimum absolute atomic E-state index is 0.0471. The van der Waals surface area contributed by atoms with E-state index < -0.39 is 5.97 Å². The quantitative estimate of drug-likeness (QED) is 0.480. The molecule has 0 aliphatic heterocycles. The fourth-order valence-corrected chi connectivity index (χ4v) is 1.65. The summed E-state index contributed by atoms with van der Waals surface area (Å²) in [6, 6.07) is 14.0. The number of nitrogens with two attached hydrogens (primary N) is 1. The zero-order valence-corrected chi connectivity index (χ0v) is 10.8. The highest BCUT2D eigenvalue weighted by Gasteiger charge is 2.07. The van der Waals surface area contributed by atoms with Crippen LogP contribution in [0.2, 0.25) is 0 Å². The first-order valence-electron chi connectivity index (χ1n) is 6.04. The molecule has 5 nitrogen and oxygen atoms in total. The number of carboxylic acid groups (broad SMARTS) is 1. The van der Waals surface area contributed by atoms with Gasteiger partial charge in [0.25, 0.3) is 0 Å². The van der Waals surface area contributed by atoms with Crippen LogP contribution in [0, 0.1) is 0 Å². The zero-order valence-electron chi connectivity index (χ0n) is 10.8. The van der Waals surface area contributed by atoms with Crippen molar-refractivity contribution < 1.29 is 19.4 Å². The maximum atomic E-state index is 10.8. The summed E-state index contributed by atoms with van der Waals surface area (Å²) in [7, 11) is 0. The average Bonchev–Trinajstić information content (AvgIpc) is 2.46. The van der Waals surface area contributed by atoms with E-state index in [-0.39, 0.29) is 18.0 Å². The molecule has 0 aromatic heterocycles. The Morgan fingerprint density at radius 3 is 2.55 bits per heavy atom. The predicted octanol–water partition coefficient (Wildman–Crippen LogP) is 2.52. The van der Waals surface area contributed by atoms with Gasteiger partial charge in [0.15, 0.2) is 6.79 Å². The van der Waals surface area contributed by atoms with Gasteiger partial charge in [0.05, 0.1) is 17.9 Å².